The predicted molar refractivity (Wildman–Crippen MR) is 45.7 cm³/mol. The molecule has 0 amide bonds. The molecule has 0 radical (unpaired) electrons. The lowest BCUT2D eigenvalue weighted by Gasteiger charge is -2.16. The SMILES string of the molecule is CC(C)C1CCC(S(=O)(=O)[O-])C1. The molecule has 2 atom stereocenters. The summed E-state index contributed by atoms with van der Waals surface area (Å²) in [5.74, 6) is 0.926. The standard InChI is InChI=1S/C8H16O3S/c1-6(2)7-3-4-8(5-7)12(9,10)11/h6-8H,3-5H2,1-2H3,(H,9,10,11)/p-1. The fraction of sp³-hybridized carbons (Fsp3) is 1.00. The van der Waals surface area contributed by atoms with E-state index in [-0.39, 0.29) is 0 Å². The first-order valence-electron chi connectivity index (χ1n) is 4.36. The maximum absolute atomic E-state index is 10.6. The van der Waals surface area contributed by atoms with E-state index in [0.29, 0.717) is 24.7 Å². The Morgan fingerprint density at radius 3 is 2.17 bits per heavy atom. The van der Waals surface area contributed by atoms with E-state index in [9.17, 15) is 13.0 Å². The van der Waals surface area contributed by atoms with Crippen molar-refractivity contribution in [3.05, 3.63) is 0 Å². The van der Waals surface area contributed by atoms with Crippen LogP contribution in [-0.4, -0.2) is 18.2 Å². The van der Waals surface area contributed by atoms with Crippen LogP contribution in [0.15, 0.2) is 0 Å². The minimum absolute atomic E-state index is 0.429. The summed E-state index contributed by atoms with van der Waals surface area (Å²) in [5, 5.41) is -0.607. The molecule has 1 aliphatic rings. The molecule has 3 nitrogen and oxygen atoms in total. The van der Waals surface area contributed by atoms with Crippen LogP contribution in [0.4, 0.5) is 0 Å². The van der Waals surface area contributed by atoms with Gasteiger partial charge in [-0.3, -0.25) is 0 Å². The summed E-state index contributed by atoms with van der Waals surface area (Å²) in [4.78, 5) is 0. The summed E-state index contributed by atoms with van der Waals surface area (Å²) in [6, 6.07) is 0. The second kappa shape index (κ2) is 3.34. The number of rotatable bonds is 2. The van der Waals surface area contributed by atoms with Crippen LogP contribution in [0.25, 0.3) is 0 Å². The lowest BCUT2D eigenvalue weighted by molar-refractivity contribution is 0.391. The van der Waals surface area contributed by atoms with Gasteiger partial charge in [0.1, 0.15) is 0 Å². The van der Waals surface area contributed by atoms with Gasteiger partial charge in [-0.2, -0.15) is 0 Å². The van der Waals surface area contributed by atoms with Crippen molar-refractivity contribution in [2.75, 3.05) is 0 Å². The van der Waals surface area contributed by atoms with Gasteiger partial charge in [-0.05, 0) is 31.1 Å². The van der Waals surface area contributed by atoms with Crippen LogP contribution < -0.4 is 0 Å². The summed E-state index contributed by atoms with van der Waals surface area (Å²) in [5.41, 5.74) is 0. The van der Waals surface area contributed by atoms with Crippen LogP contribution in [0.3, 0.4) is 0 Å². The van der Waals surface area contributed by atoms with E-state index in [1.165, 1.54) is 0 Å². The van der Waals surface area contributed by atoms with Crippen molar-refractivity contribution in [3.8, 4) is 0 Å². The molecule has 2 unspecified atom stereocenters. The first-order valence-corrected chi connectivity index (χ1v) is 5.83. The molecule has 0 aromatic carbocycles. The van der Waals surface area contributed by atoms with Gasteiger partial charge in [-0.25, -0.2) is 8.42 Å². The Hall–Kier alpha value is -0.0900. The van der Waals surface area contributed by atoms with Crippen LogP contribution >= 0.6 is 0 Å². The van der Waals surface area contributed by atoms with Gasteiger partial charge >= 0.3 is 0 Å². The lowest BCUT2D eigenvalue weighted by atomic mass is 9.95. The predicted octanol–water partition coefficient (Wildman–Crippen LogP) is 1.36. The highest BCUT2D eigenvalue weighted by atomic mass is 32.2. The molecule has 0 aromatic heterocycles. The van der Waals surface area contributed by atoms with Gasteiger partial charge in [0.05, 0.1) is 10.1 Å². The molecule has 1 aliphatic carbocycles. The maximum Gasteiger partial charge on any atom is 0.0975 e. The van der Waals surface area contributed by atoms with E-state index >= 15 is 0 Å². The van der Waals surface area contributed by atoms with Crippen LogP contribution in [-0.2, 0) is 10.1 Å². The zero-order valence-electron chi connectivity index (χ0n) is 7.49. The molecule has 0 bridgehead atoms. The molecule has 0 aliphatic heterocycles. The highest BCUT2D eigenvalue weighted by Gasteiger charge is 2.30. The highest BCUT2D eigenvalue weighted by molar-refractivity contribution is 7.86. The molecule has 72 valence electrons. The molecule has 1 fully saturated rings. The quantitative estimate of drug-likeness (QED) is 0.619. The van der Waals surface area contributed by atoms with Gasteiger partial charge in [-0.15, -0.1) is 0 Å². The van der Waals surface area contributed by atoms with Crippen molar-refractivity contribution < 1.29 is 13.0 Å². The van der Waals surface area contributed by atoms with Gasteiger partial charge in [0.15, 0.2) is 0 Å². The largest absolute Gasteiger partial charge is 0.748 e. The third-order valence-electron chi connectivity index (χ3n) is 2.78. The average Bonchev–Trinajstić information content (AvgIpc) is 2.30. The number of hydrogen-bond acceptors (Lipinski definition) is 3. The Morgan fingerprint density at radius 1 is 1.33 bits per heavy atom. The minimum atomic E-state index is -4.02. The van der Waals surface area contributed by atoms with Gasteiger partial charge in [0.2, 0.25) is 0 Å². The smallest absolute Gasteiger partial charge is 0.0975 e. The maximum atomic E-state index is 10.6. The zero-order chi connectivity index (χ0) is 9.35. The van der Waals surface area contributed by atoms with E-state index in [0.717, 1.165) is 6.42 Å². The summed E-state index contributed by atoms with van der Waals surface area (Å²) in [7, 11) is -4.02. The van der Waals surface area contributed by atoms with E-state index in [1.807, 2.05) is 0 Å². The van der Waals surface area contributed by atoms with Crippen LogP contribution in [0.2, 0.25) is 0 Å². The van der Waals surface area contributed by atoms with Crippen molar-refractivity contribution in [2.24, 2.45) is 11.8 Å². The molecule has 4 heteroatoms. The Kier molecular flexibility index (Phi) is 2.78. The second-order valence-electron chi connectivity index (χ2n) is 3.93. The summed E-state index contributed by atoms with van der Waals surface area (Å²) < 4.78 is 31.9. The second-order valence-corrected chi connectivity index (χ2v) is 5.58. The van der Waals surface area contributed by atoms with E-state index in [2.05, 4.69) is 13.8 Å². The molecule has 0 saturated heterocycles. The Bertz CT molecular complexity index is 243. The summed E-state index contributed by atoms with van der Waals surface area (Å²) in [6.45, 7) is 4.15. The van der Waals surface area contributed by atoms with Crippen molar-refractivity contribution in [1.29, 1.82) is 0 Å². The third-order valence-corrected chi connectivity index (χ3v) is 4.02. The van der Waals surface area contributed by atoms with Crippen molar-refractivity contribution >= 4 is 10.1 Å². The molecule has 1 saturated carbocycles. The van der Waals surface area contributed by atoms with E-state index in [1.54, 1.807) is 0 Å². The average molecular weight is 191 g/mol. The molecule has 0 N–H and O–H groups in total. The molecule has 0 heterocycles. The minimum Gasteiger partial charge on any atom is -0.748 e. The lowest BCUT2D eigenvalue weighted by Crippen LogP contribution is -2.17. The normalized spacial score (nSPS) is 31.3. The Balaban J connectivity index is 2.58. The molecule has 0 aromatic rings. The monoisotopic (exact) mass is 191 g/mol. The first kappa shape index (κ1) is 9.99. The molecular weight excluding hydrogens is 176 g/mol. The summed E-state index contributed by atoms with van der Waals surface area (Å²) in [6.07, 6.45) is 2.03. The third kappa shape index (κ3) is 2.20. The highest BCUT2D eigenvalue weighted by Crippen LogP contribution is 2.34. The van der Waals surface area contributed by atoms with Crippen LogP contribution in [0.1, 0.15) is 33.1 Å². The van der Waals surface area contributed by atoms with Crippen LogP contribution in [0, 0.1) is 11.8 Å². The van der Waals surface area contributed by atoms with Crippen molar-refractivity contribution in [2.45, 2.75) is 38.4 Å². The fourth-order valence-electron chi connectivity index (χ4n) is 1.84. The van der Waals surface area contributed by atoms with Gasteiger partial charge in [0, 0.05) is 5.25 Å². The Labute approximate surface area is 73.9 Å². The van der Waals surface area contributed by atoms with Crippen molar-refractivity contribution in [1.82, 2.24) is 0 Å². The number of hydrogen-bond donors (Lipinski definition) is 0. The van der Waals surface area contributed by atoms with Crippen LogP contribution in [0.5, 0.6) is 0 Å². The summed E-state index contributed by atoms with van der Waals surface area (Å²) >= 11 is 0. The van der Waals surface area contributed by atoms with Gasteiger partial charge < -0.3 is 4.55 Å². The van der Waals surface area contributed by atoms with E-state index in [4.69, 9.17) is 0 Å². The molecular formula is C8H15O3S-. The van der Waals surface area contributed by atoms with Gasteiger partial charge in [-0.1, -0.05) is 13.8 Å². The Morgan fingerprint density at radius 2 is 1.92 bits per heavy atom. The van der Waals surface area contributed by atoms with Gasteiger partial charge in [0.25, 0.3) is 0 Å². The van der Waals surface area contributed by atoms with Crippen molar-refractivity contribution in [3.63, 3.8) is 0 Å². The zero-order valence-corrected chi connectivity index (χ0v) is 8.30. The molecule has 1 rings (SSSR count). The molecule has 0 spiro atoms. The first-order chi connectivity index (χ1) is 5.41. The fourth-order valence-corrected chi connectivity index (χ4v) is 2.75. The molecule has 12 heavy (non-hydrogen) atoms. The topological polar surface area (TPSA) is 57.2 Å². The van der Waals surface area contributed by atoms with E-state index < -0.39 is 15.4 Å².